The molecule has 1 fully saturated rings. The lowest BCUT2D eigenvalue weighted by molar-refractivity contribution is 0.350. The van der Waals surface area contributed by atoms with E-state index in [2.05, 4.69) is 28.1 Å². The Morgan fingerprint density at radius 1 is 1.38 bits per heavy atom. The van der Waals surface area contributed by atoms with Crippen molar-refractivity contribution in [2.24, 2.45) is 11.1 Å². The fourth-order valence-electron chi connectivity index (χ4n) is 2.51. The minimum absolute atomic E-state index is 0.376. The number of nitrogens with two attached hydrogens (primary N) is 1. The number of ether oxygens (including phenoxy) is 1. The molecule has 3 rings (SSSR count). The molecule has 2 N–H and O–H groups in total. The summed E-state index contributed by atoms with van der Waals surface area (Å²) in [5, 5.41) is 0. The largest absolute Gasteiger partial charge is 0.493 e. The predicted octanol–water partition coefficient (Wildman–Crippen LogP) is 2.67. The predicted molar refractivity (Wildman–Crippen MR) is 67.8 cm³/mol. The molecule has 0 unspecified atom stereocenters. The second kappa shape index (κ2) is 3.74. The Bertz CT molecular complexity index is 426. The van der Waals surface area contributed by atoms with Crippen LogP contribution >= 0.6 is 15.9 Å². The van der Waals surface area contributed by atoms with Crippen LogP contribution in [0.15, 0.2) is 16.6 Å². The van der Waals surface area contributed by atoms with Gasteiger partial charge in [-0.1, -0.05) is 15.9 Å². The highest BCUT2D eigenvalue weighted by Gasteiger charge is 2.42. The molecule has 2 aliphatic rings. The number of benzene rings is 1. The van der Waals surface area contributed by atoms with Crippen LogP contribution in [0.5, 0.6) is 5.75 Å². The molecule has 0 aromatic heterocycles. The molecule has 0 amide bonds. The second-order valence-corrected chi connectivity index (χ2v) is 5.95. The fraction of sp³-hybridized carbons (Fsp3) is 0.538. The zero-order chi connectivity index (χ0) is 11.2. The molecule has 0 bridgehead atoms. The average Bonchev–Trinajstić information content (AvgIpc) is 2.87. The zero-order valence-electron chi connectivity index (χ0n) is 9.26. The van der Waals surface area contributed by atoms with Crippen LogP contribution in [0.4, 0.5) is 0 Å². The van der Waals surface area contributed by atoms with Crippen molar-refractivity contribution in [2.75, 3.05) is 13.2 Å². The molecule has 1 aromatic carbocycles. The Morgan fingerprint density at radius 3 is 2.88 bits per heavy atom. The standard InChI is InChI=1S/C13H16BrNO/c14-11-5-9-1-4-16-12(9)10(6-11)7-13(8-15)2-3-13/h5-6H,1-4,7-8,15H2. The molecule has 1 heterocycles. The Labute approximate surface area is 104 Å². The first-order chi connectivity index (χ1) is 7.72. The second-order valence-electron chi connectivity index (χ2n) is 5.03. The Morgan fingerprint density at radius 2 is 2.19 bits per heavy atom. The third-order valence-electron chi connectivity index (χ3n) is 3.78. The van der Waals surface area contributed by atoms with Crippen molar-refractivity contribution in [3.8, 4) is 5.75 Å². The molecule has 1 aliphatic heterocycles. The van der Waals surface area contributed by atoms with Gasteiger partial charge < -0.3 is 10.5 Å². The van der Waals surface area contributed by atoms with Gasteiger partial charge in [0.2, 0.25) is 0 Å². The van der Waals surface area contributed by atoms with Gasteiger partial charge in [-0.25, -0.2) is 0 Å². The summed E-state index contributed by atoms with van der Waals surface area (Å²) in [4.78, 5) is 0. The minimum Gasteiger partial charge on any atom is -0.493 e. The minimum atomic E-state index is 0.376. The Hall–Kier alpha value is -0.540. The SMILES string of the molecule is NCC1(Cc2cc(Br)cc3c2OCC3)CC1. The summed E-state index contributed by atoms with van der Waals surface area (Å²) in [6.45, 7) is 1.63. The molecular weight excluding hydrogens is 266 g/mol. The molecule has 0 radical (unpaired) electrons. The highest BCUT2D eigenvalue weighted by Crippen LogP contribution is 2.49. The van der Waals surface area contributed by atoms with Crippen LogP contribution in [0.25, 0.3) is 0 Å². The number of hydrogen-bond acceptors (Lipinski definition) is 2. The smallest absolute Gasteiger partial charge is 0.125 e. The van der Waals surface area contributed by atoms with Crippen molar-refractivity contribution in [1.82, 2.24) is 0 Å². The molecule has 1 saturated carbocycles. The van der Waals surface area contributed by atoms with Gasteiger partial charge in [-0.2, -0.15) is 0 Å². The quantitative estimate of drug-likeness (QED) is 0.925. The maximum absolute atomic E-state index is 5.85. The van der Waals surface area contributed by atoms with Gasteiger partial charge in [0.1, 0.15) is 5.75 Å². The number of halogens is 1. The van der Waals surface area contributed by atoms with Crippen molar-refractivity contribution >= 4 is 15.9 Å². The van der Waals surface area contributed by atoms with Crippen LogP contribution in [0.3, 0.4) is 0 Å². The van der Waals surface area contributed by atoms with E-state index in [-0.39, 0.29) is 0 Å². The van der Waals surface area contributed by atoms with Gasteiger partial charge in [0.25, 0.3) is 0 Å². The third kappa shape index (κ3) is 1.76. The van der Waals surface area contributed by atoms with E-state index >= 15 is 0 Å². The van der Waals surface area contributed by atoms with Crippen molar-refractivity contribution in [3.63, 3.8) is 0 Å². The van der Waals surface area contributed by atoms with E-state index in [4.69, 9.17) is 10.5 Å². The summed E-state index contributed by atoms with van der Waals surface area (Å²) in [5.41, 5.74) is 8.91. The number of rotatable bonds is 3. The Kier molecular flexibility index (Phi) is 2.48. The van der Waals surface area contributed by atoms with Crippen molar-refractivity contribution in [3.05, 3.63) is 27.7 Å². The lowest BCUT2D eigenvalue weighted by Crippen LogP contribution is -2.18. The fourth-order valence-corrected chi connectivity index (χ4v) is 3.06. The molecule has 3 heteroatoms. The highest BCUT2D eigenvalue weighted by atomic mass is 79.9. The maximum atomic E-state index is 5.85. The van der Waals surface area contributed by atoms with Crippen LogP contribution in [-0.2, 0) is 12.8 Å². The zero-order valence-corrected chi connectivity index (χ0v) is 10.8. The van der Waals surface area contributed by atoms with E-state index in [1.54, 1.807) is 0 Å². The molecule has 0 saturated heterocycles. The average molecular weight is 282 g/mol. The summed E-state index contributed by atoms with van der Waals surface area (Å²) in [7, 11) is 0. The van der Waals surface area contributed by atoms with E-state index in [1.807, 2.05) is 0 Å². The molecule has 0 atom stereocenters. The van der Waals surface area contributed by atoms with Gasteiger partial charge in [-0.15, -0.1) is 0 Å². The van der Waals surface area contributed by atoms with Crippen LogP contribution in [0.2, 0.25) is 0 Å². The topological polar surface area (TPSA) is 35.2 Å². The summed E-state index contributed by atoms with van der Waals surface area (Å²) in [6.07, 6.45) is 4.65. The van der Waals surface area contributed by atoms with E-state index in [9.17, 15) is 0 Å². The van der Waals surface area contributed by atoms with Gasteiger partial charge in [-0.3, -0.25) is 0 Å². The number of fused-ring (bicyclic) bond motifs is 1. The molecule has 86 valence electrons. The molecule has 1 aromatic rings. The van der Waals surface area contributed by atoms with Gasteiger partial charge in [0.15, 0.2) is 0 Å². The summed E-state index contributed by atoms with van der Waals surface area (Å²) in [6, 6.07) is 4.37. The lowest BCUT2D eigenvalue weighted by atomic mass is 9.94. The van der Waals surface area contributed by atoms with Gasteiger partial charge in [0.05, 0.1) is 6.61 Å². The lowest BCUT2D eigenvalue weighted by Gasteiger charge is -2.15. The first-order valence-corrected chi connectivity index (χ1v) is 6.66. The van der Waals surface area contributed by atoms with Crippen LogP contribution < -0.4 is 10.5 Å². The van der Waals surface area contributed by atoms with Gasteiger partial charge in [0, 0.05) is 10.9 Å². The maximum Gasteiger partial charge on any atom is 0.125 e. The third-order valence-corrected chi connectivity index (χ3v) is 4.24. The number of hydrogen-bond donors (Lipinski definition) is 1. The molecule has 16 heavy (non-hydrogen) atoms. The summed E-state index contributed by atoms with van der Waals surface area (Å²) < 4.78 is 6.91. The first-order valence-electron chi connectivity index (χ1n) is 5.87. The first kappa shape index (κ1) is 10.6. The molecule has 1 aliphatic carbocycles. The van der Waals surface area contributed by atoms with Gasteiger partial charge in [-0.05, 0) is 54.5 Å². The van der Waals surface area contributed by atoms with E-state index in [0.717, 1.165) is 31.7 Å². The van der Waals surface area contributed by atoms with E-state index < -0.39 is 0 Å². The summed E-state index contributed by atoms with van der Waals surface area (Å²) >= 11 is 3.58. The van der Waals surface area contributed by atoms with Gasteiger partial charge >= 0.3 is 0 Å². The van der Waals surface area contributed by atoms with Crippen molar-refractivity contribution in [2.45, 2.75) is 25.7 Å². The molecule has 2 nitrogen and oxygen atoms in total. The Balaban J connectivity index is 1.94. The van der Waals surface area contributed by atoms with Crippen LogP contribution in [0, 0.1) is 5.41 Å². The van der Waals surface area contributed by atoms with E-state index in [1.165, 1.54) is 28.4 Å². The monoisotopic (exact) mass is 281 g/mol. The summed E-state index contributed by atoms with van der Waals surface area (Å²) in [5.74, 6) is 1.13. The van der Waals surface area contributed by atoms with Crippen LogP contribution in [-0.4, -0.2) is 13.2 Å². The van der Waals surface area contributed by atoms with Crippen molar-refractivity contribution < 1.29 is 4.74 Å². The van der Waals surface area contributed by atoms with E-state index in [0.29, 0.717) is 5.41 Å². The molecule has 0 spiro atoms. The van der Waals surface area contributed by atoms with Crippen LogP contribution in [0.1, 0.15) is 24.0 Å². The van der Waals surface area contributed by atoms with Crippen molar-refractivity contribution in [1.29, 1.82) is 0 Å². The molecular formula is C13H16BrNO. The highest BCUT2D eigenvalue weighted by molar-refractivity contribution is 9.10. The normalized spacial score (nSPS) is 20.4.